The molecule has 0 amide bonds. The Morgan fingerprint density at radius 3 is 2.75 bits per heavy atom. The number of para-hydroxylation sites is 1. The SMILES string of the molecule is O=C1C=Cc2nocc2/C1=C1/Nc2ccccc2C1=O. The quantitative estimate of drug-likeness (QED) is 0.739. The second-order valence-electron chi connectivity index (χ2n) is 4.56. The molecule has 5 heteroatoms. The number of allylic oxidation sites excluding steroid dienone is 3. The molecule has 2 aliphatic rings. The Kier molecular flexibility index (Phi) is 2.06. The standard InChI is InChI=1S/C15H8N2O3/c18-12-6-5-11-9(7-20-17-11)13(12)14-15(19)8-3-1-2-4-10(8)16-14/h1-7,16H/b14-13-. The van der Waals surface area contributed by atoms with Gasteiger partial charge >= 0.3 is 0 Å². The number of ketones is 2. The van der Waals surface area contributed by atoms with Crippen LogP contribution in [0.3, 0.4) is 0 Å². The second kappa shape index (κ2) is 3.77. The van der Waals surface area contributed by atoms with E-state index in [4.69, 9.17) is 4.52 Å². The van der Waals surface area contributed by atoms with Crippen LogP contribution in [0.2, 0.25) is 0 Å². The van der Waals surface area contributed by atoms with Crippen LogP contribution in [0.15, 0.2) is 46.8 Å². The van der Waals surface area contributed by atoms with Crippen molar-refractivity contribution in [1.29, 1.82) is 0 Å². The van der Waals surface area contributed by atoms with Crippen LogP contribution in [-0.2, 0) is 4.79 Å². The molecule has 0 spiro atoms. The Labute approximate surface area is 113 Å². The van der Waals surface area contributed by atoms with Crippen molar-refractivity contribution in [2.45, 2.75) is 0 Å². The number of fused-ring (bicyclic) bond motifs is 2. The van der Waals surface area contributed by atoms with Crippen molar-refractivity contribution in [2.24, 2.45) is 0 Å². The predicted molar refractivity (Wildman–Crippen MR) is 71.9 cm³/mol. The highest BCUT2D eigenvalue weighted by Crippen LogP contribution is 2.35. The summed E-state index contributed by atoms with van der Waals surface area (Å²) in [5.74, 6) is -0.421. The van der Waals surface area contributed by atoms with E-state index < -0.39 is 0 Å². The number of hydrogen-bond donors (Lipinski definition) is 1. The smallest absolute Gasteiger partial charge is 0.212 e. The number of rotatable bonds is 0. The summed E-state index contributed by atoms with van der Waals surface area (Å²) in [4.78, 5) is 24.6. The maximum absolute atomic E-state index is 12.4. The molecule has 0 fully saturated rings. The van der Waals surface area contributed by atoms with Crippen LogP contribution in [0.4, 0.5) is 5.69 Å². The van der Waals surface area contributed by atoms with Gasteiger partial charge in [0.25, 0.3) is 0 Å². The van der Waals surface area contributed by atoms with E-state index in [1.165, 1.54) is 12.3 Å². The molecule has 20 heavy (non-hydrogen) atoms. The average molecular weight is 264 g/mol. The summed E-state index contributed by atoms with van der Waals surface area (Å²) in [6.45, 7) is 0. The van der Waals surface area contributed by atoms with E-state index in [9.17, 15) is 9.59 Å². The maximum atomic E-state index is 12.4. The van der Waals surface area contributed by atoms with Crippen molar-refractivity contribution in [1.82, 2.24) is 5.16 Å². The molecule has 0 atom stereocenters. The van der Waals surface area contributed by atoms with Crippen LogP contribution in [0.5, 0.6) is 0 Å². The monoisotopic (exact) mass is 264 g/mol. The first-order chi connectivity index (χ1) is 9.75. The molecule has 0 saturated carbocycles. The summed E-state index contributed by atoms with van der Waals surface area (Å²) in [6, 6.07) is 7.16. The minimum Gasteiger partial charge on any atom is -0.363 e. The third kappa shape index (κ3) is 1.34. The van der Waals surface area contributed by atoms with Gasteiger partial charge in [-0.2, -0.15) is 0 Å². The van der Waals surface area contributed by atoms with Gasteiger partial charge in [0, 0.05) is 11.3 Å². The fraction of sp³-hybridized carbons (Fsp3) is 0. The number of aromatic nitrogens is 1. The molecule has 0 saturated heterocycles. The van der Waals surface area contributed by atoms with Gasteiger partial charge in [0.15, 0.2) is 5.78 Å². The van der Waals surface area contributed by atoms with Gasteiger partial charge in [-0.15, -0.1) is 0 Å². The van der Waals surface area contributed by atoms with E-state index in [2.05, 4.69) is 10.5 Å². The molecular formula is C15H8N2O3. The summed E-state index contributed by atoms with van der Waals surface area (Å²) in [6.07, 6.45) is 4.36. The lowest BCUT2D eigenvalue weighted by atomic mass is 9.93. The van der Waals surface area contributed by atoms with Crippen LogP contribution in [0.1, 0.15) is 21.6 Å². The summed E-state index contributed by atoms with van der Waals surface area (Å²) < 4.78 is 4.89. The Morgan fingerprint density at radius 1 is 1.05 bits per heavy atom. The Balaban J connectivity index is 1.96. The Hall–Kier alpha value is -2.95. The first-order valence-corrected chi connectivity index (χ1v) is 6.08. The Bertz CT molecular complexity index is 827. The van der Waals surface area contributed by atoms with Gasteiger partial charge in [0.05, 0.1) is 16.8 Å². The summed E-state index contributed by atoms with van der Waals surface area (Å²) >= 11 is 0. The fourth-order valence-electron chi connectivity index (χ4n) is 2.47. The lowest BCUT2D eigenvalue weighted by molar-refractivity contribution is -0.109. The first-order valence-electron chi connectivity index (χ1n) is 6.08. The normalized spacial score (nSPS) is 19.8. The van der Waals surface area contributed by atoms with E-state index >= 15 is 0 Å². The number of carbonyl (C=O) groups is 2. The number of Topliss-reactive ketones (excluding diaryl/α,β-unsaturated/α-hetero) is 1. The van der Waals surface area contributed by atoms with Gasteiger partial charge in [-0.25, -0.2) is 0 Å². The highest BCUT2D eigenvalue weighted by atomic mass is 16.5. The number of carbonyl (C=O) groups excluding carboxylic acids is 2. The zero-order valence-corrected chi connectivity index (χ0v) is 10.2. The number of hydrogen-bond acceptors (Lipinski definition) is 5. The van der Waals surface area contributed by atoms with Crippen LogP contribution in [-0.4, -0.2) is 16.7 Å². The summed E-state index contributed by atoms with van der Waals surface area (Å²) in [5.41, 5.74) is 2.96. The van der Waals surface area contributed by atoms with Crippen LogP contribution in [0.25, 0.3) is 11.6 Å². The zero-order chi connectivity index (χ0) is 13.7. The van der Waals surface area contributed by atoms with E-state index in [1.807, 2.05) is 6.07 Å². The molecule has 1 N–H and O–H groups in total. The van der Waals surface area contributed by atoms with Crippen molar-refractivity contribution in [2.75, 3.05) is 5.32 Å². The van der Waals surface area contributed by atoms with E-state index in [1.54, 1.807) is 24.3 Å². The third-order valence-corrected chi connectivity index (χ3v) is 3.41. The van der Waals surface area contributed by atoms with Crippen molar-refractivity contribution in [3.63, 3.8) is 0 Å². The molecule has 96 valence electrons. The van der Waals surface area contributed by atoms with Crippen LogP contribution < -0.4 is 5.32 Å². The van der Waals surface area contributed by atoms with Gasteiger partial charge in [-0.05, 0) is 24.3 Å². The van der Waals surface area contributed by atoms with Crippen molar-refractivity contribution >= 4 is 28.9 Å². The number of nitrogens with one attached hydrogen (secondary N) is 1. The minimum absolute atomic E-state index is 0.189. The summed E-state index contributed by atoms with van der Waals surface area (Å²) in [7, 11) is 0. The topological polar surface area (TPSA) is 72.2 Å². The fourth-order valence-corrected chi connectivity index (χ4v) is 2.47. The average Bonchev–Trinajstić information content (AvgIpc) is 3.05. The number of anilines is 1. The summed E-state index contributed by atoms with van der Waals surface area (Å²) in [5, 5.41) is 6.82. The van der Waals surface area contributed by atoms with E-state index in [0.717, 1.165) is 0 Å². The molecule has 2 aromatic rings. The van der Waals surface area contributed by atoms with Gasteiger partial charge in [0.1, 0.15) is 12.0 Å². The highest BCUT2D eigenvalue weighted by Gasteiger charge is 2.32. The molecule has 1 aliphatic heterocycles. The molecule has 0 radical (unpaired) electrons. The highest BCUT2D eigenvalue weighted by molar-refractivity contribution is 6.37. The first kappa shape index (κ1) is 10.9. The molecule has 2 heterocycles. The molecule has 1 aliphatic carbocycles. The minimum atomic E-state index is -0.232. The van der Waals surface area contributed by atoms with Gasteiger partial charge < -0.3 is 9.84 Å². The molecule has 0 bridgehead atoms. The predicted octanol–water partition coefficient (Wildman–Crippen LogP) is 2.29. The van der Waals surface area contributed by atoms with Gasteiger partial charge in [-0.3, -0.25) is 9.59 Å². The molecule has 0 unspecified atom stereocenters. The largest absolute Gasteiger partial charge is 0.363 e. The molecule has 1 aromatic carbocycles. The lowest BCUT2D eigenvalue weighted by Crippen LogP contribution is -2.12. The van der Waals surface area contributed by atoms with Gasteiger partial charge in [0.2, 0.25) is 5.78 Å². The van der Waals surface area contributed by atoms with E-state index in [0.29, 0.717) is 28.1 Å². The Morgan fingerprint density at radius 2 is 1.90 bits per heavy atom. The third-order valence-electron chi connectivity index (χ3n) is 3.41. The van der Waals surface area contributed by atoms with Crippen molar-refractivity contribution in [3.05, 3.63) is 59.1 Å². The van der Waals surface area contributed by atoms with E-state index in [-0.39, 0.29) is 17.3 Å². The lowest BCUT2D eigenvalue weighted by Gasteiger charge is -2.09. The number of benzene rings is 1. The van der Waals surface area contributed by atoms with Crippen LogP contribution in [0, 0.1) is 0 Å². The molecule has 4 rings (SSSR count). The molecule has 5 nitrogen and oxygen atoms in total. The van der Waals surface area contributed by atoms with Crippen LogP contribution >= 0.6 is 0 Å². The molecular weight excluding hydrogens is 256 g/mol. The maximum Gasteiger partial charge on any atom is 0.212 e. The molecule has 1 aromatic heterocycles. The van der Waals surface area contributed by atoms with Crippen molar-refractivity contribution in [3.8, 4) is 0 Å². The van der Waals surface area contributed by atoms with Crippen molar-refractivity contribution < 1.29 is 14.1 Å². The zero-order valence-electron chi connectivity index (χ0n) is 10.2. The van der Waals surface area contributed by atoms with Gasteiger partial charge in [-0.1, -0.05) is 17.3 Å². The number of nitrogens with zero attached hydrogens (tertiary/aromatic N) is 1. The second-order valence-corrected chi connectivity index (χ2v) is 4.56.